The number of halogens is 2. The Bertz CT molecular complexity index is 689. The van der Waals surface area contributed by atoms with Gasteiger partial charge in [0, 0.05) is 38.4 Å². The summed E-state index contributed by atoms with van der Waals surface area (Å²) in [4.78, 5) is 17.9. The highest BCUT2D eigenvalue weighted by Crippen LogP contribution is 2.20. The highest BCUT2D eigenvalue weighted by atomic mass is 19.3. The zero-order chi connectivity index (χ0) is 17.6. The quantitative estimate of drug-likeness (QED) is 0.872. The van der Waals surface area contributed by atoms with Gasteiger partial charge >= 0.3 is 12.6 Å². The van der Waals surface area contributed by atoms with E-state index in [4.69, 9.17) is 0 Å². The summed E-state index contributed by atoms with van der Waals surface area (Å²) in [6, 6.07) is 10.1. The number of hydrogen-bond acceptors (Lipinski definition) is 2. The molecule has 0 spiro atoms. The van der Waals surface area contributed by atoms with Crippen LogP contribution in [0.3, 0.4) is 0 Å². The molecule has 2 heterocycles. The average molecular weight is 348 g/mol. The molecule has 1 aliphatic heterocycles. The number of aromatic nitrogens is 2. The molecule has 0 bridgehead atoms. The lowest BCUT2D eigenvalue weighted by atomic mass is 9.99. The van der Waals surface area contributed by atoms with Crippen LogP contribution in [0.15, 0.2) is 42.7 Å². The molecule has 1 aromatic heterocycles. The van der Waals surface area contributed by atoms with Crippen molar-refractivity contribution in [1.82, 2.24) is 19.8 Å². The lowest BCUT2D eigenvalue weighted by Crippen LogP contribution is -2.39. The summed E-state index contributed by atoms with van der Waals surface area (Å²) in [6.45, 7) is -0.852. The third-order valence-corrected chi connectivity index (χ3v) is 4.52. The normalized spacial score (nSPS) is 17.2. The van der Waals surface area contributed by atoms with E-state index >= 15 is 0 Å². The second-order valence-corrected chi connectivity index (χ2v) is 6.30. The number of carbonyl (C=O) groups excluding carboxylic acids is 1. The minimum atomic E-state index is -2.61. The minimum absolute atomic E-state index is 0.134. The van der Waals surface area contributed by atoms with E-state index in [-0.39, 0.29) is 18.3 Å². The van der Waals surface area contributed by atoms with Crippen LogP contribution in [0.25, 0.3) is 0 Å². The number of carbonyl (C=O) groups is 1. The monoisotopic (exact) mass is 348 g/mol. The van der Waals surface area contributed by atoms with E-state index in [1.165, 1.54) is 18.0 Å². The summed E-state index contributed by atoms with van der Waals surface area (Å²) in [5.74, 6) is 0.740. The second-order valence-electron chi connectivity index (χ2n) is 6.30. The first-order valence-corrected chi connectivity index (χ1v) is 8.50. The van der Waals surface area contributed by atoms with E-state index < -0.39 is 6.55 Å². The van der Waals surface area contributed by atoms with Gasteiger partial charge in [-0.25, -0.2) is 9.78 Å². The number of benzene rings is 1. The fourth-order valence-electron chi connectivity index (χ4n) is 3.24. The van der Waals surface area contributed by atoms with E-state index in [0.29, 0.717) is 12.5 Å². The summed E-state index contributed by atoms with van der Waals surface area (Å²) in [7, 11) is 0. The maximum Gasteiger partial charge on any atom is 0.319 e. The first kappa shape index (κ1) is 17.4. The number of hydrogen-bond donors (Lipinski definition) is 1. The summed E-state index contributed by atoms with van der Waals surface area (Å²) in [5.41, 5.74) is 1.29. The molecule has 5 nitrogen and oxygen atoms in total. The van der Waals surface area contributed by atoms with Crippen molar-refractivity contribution in [1.29, 1.82) is 0 Å². The molecule has 134 valence electrons. The largest absolute Gasteiger partial charge is 0.338 e. The first-order chi connectivity index (χ1) is 12.1. The summed E-state index contributed by atoms with van der Waals surface area (Å²) in [6.07, 6.45) is 4.83. The van der Waals surface area contributed by atoms with Crippen LogP contribution in [0.1, 0.15) is 24.4 Å². The van der Waals surface area contributed by atoms with Gasteiger partial charge in [0.2, 0.25) is 0 Å². The first-order valence-electron chi connectivity index (χ1n) is 8.50. The van der Waals surface area contributed by atoms with Gasteiger partial charge in [-0.05, 0) is 24.3 Å². The Morgan fingerprint density at radius 2 is 2.12 bits per heavy atom. The van der Waals surface area contributed by atoms with E-state index in [2.05, 4.69) is 22.4 Å². The van der Waals surface area contributed by atoms with Gasteiger partial charge in [0.1, 0.15) is 5.82 Å². The molecule has 1 N–H and O–H groups in total. The number of rotatable bonds is 6. The van der Waals surface area contributed by atoms with Crippen molar-refractivity contribution in [2.24, 2.45) is 5.92 Å². The third kappa shape index (κ3) is 4.55. The van der Waals surface area contributed by atoms with Gasteiger partial charge in [0.05, 0.1) is 0 Å². The fraction of sp³-hybridized carbons (Fsp3) is 0.444. The smallest absolute Gasteiger partial charge is 0.319 e. The average Bonchev–Trinajstić information content (AvgIpc) is 3.25. The van der Waals surface area contributed by atoms with Crippen molar-refractivity contribution in [2.75, 3.05) is 19.6 Å². The van der Waals surface area contributed by atoms with Crippen LogP contribution in [0.5, 0.6) is 0 Å². The Kier molecular flexibility index (Phi) is 5.63. The van der Waals surface area contributed by atoms with Crippen molar-refractivity contribution >= 4 is 6.03 Å². The third-order valence-electron chi connectivity index (χ3n) is 4.52. The van der Waals surface area contributed by atoms with Crippen LogP contribution in [-0.2, 0) is 12.8 Å². The highest BCUT2D eigenvalue weighted by Gasteiger charge is 2.26. The fourth-order valence-corrected chi connectivity index (χ4v) is 3.24. The number of urea groups is 1. The number of nitrogens with one attached hydrogen (secondary N) is 1. The van der Waals surface area contributed by atoms with Crippen LogP contribution >= 0.6 is 0 Å². The molecule has 2 amide bonds. The molecule has 0 saturated carbocycles. The molecule has 1 unspecified atom stereocenters. The molecule has 1 saturated heterocycles. The molecule has 1 fully saturated rings. The Balaban J connectivity index is 1.42. The molecule has 0 radical (unpaired) electrons. The molecule has 1 atom stereocenters. The van der Waals surface area contributed by atoms with Crippen LogP contribution in [0.2, 0.25) is 0 Å². The standard InChI is InChI=1S/C18H22F2N4O/c19-17(20)24-11-9-21-16(24)6-8-22-18(25)23-10-7-15(13-23)12-14-4-2-1-3-5-14/h1-5,9,11,15,17H,6-8,10,12-13H2,(H,22,25). The van der Waals surface area contributed by atoms with Crippen molar-refractivity contribution in [3.63, 3.8) is 0 Å². The summed E-state index contributed by atoms with van der Waals surface area (Å²) in [5, 5.41) is 2.80. The van der Waals surface area contributed by atoms with Gasteiger partial charge in [-0.2, -0.15) is 8.78 Å². The predicted octanol–water partition coefficient (Wildman–Crippen LogP) is 3.09. The topological polar surface area (TPSA) is 50.2 Å². The number of alkyl halides is 2. The number of likely N-dealkylation sites (tertiary alicyclic amines) is 1. The Labute approximate surface area is 145 Å². The van der Waals surface area contributed by atoms with Crippen LogP contribution < -0.4 is 5.32 Å². The maximum absolute atomic E-state index is 12.7. The zero-order valence-corrected chi connectivity index (χ0v) is 13.9. The van der Waals surface area contributed by atoms with E-state index in [0.717, 1.165) is 30.5 Å². The van der Waals surface area contributed by atoms with Crippen LogP contribution in [-0.4, -0.2) is 40.1 Å². The van der Waals surface area contributed by atoms with Gasteiger partial charge in [0.15, 0.2) is 0 Å². The van der Waals surface area contributed by atoms with E-state index in [9.17, 15) is 13.6 Å². The van der Waals surface area contributed by atoms with Gasteiger partial charge in [-0.1, -0.05) is 30.3 Å². The van der Waals surface area contributed by atoms with Crippen molar-refractivity contribution < 1.29 is 13.6 Å². The molecular weight excluding hydrogens is 326 g/mol. The summed E-state index contributed by atoms with van der Waals surface area (Å²) >= 11 is 0. The zero-order valence-electron chi connectivity index (χ0n) is 13.9. The Morgan fingerprint density at radius 3 is 2.88 bits per heavy atom. The molecule has 1 aromatic carbocycles. The molecule has 1 aliphatic rings. The van der Waals surface area contributed by atoms with Crippen LogP contribution in [0, 0.1) is 5.92 Å². The second kappa shape index (κ2) is 8.09. The SMILES string of the molecule is O=C(NCCc1nccn1C(F)F)N1CCC(Cc2ccccc2)C1. The lowest BCUT2D eigenvalue weighted by Gasteiger charge is -2.17. The summed E-state index contributed by atoms with van der Waals surface area (Å²) < 4.78 is 26.3. The van der Waals surface area contributed by atoms with Gasteiger partial charge < -0.3 is 10.2 Å². The Morgan fingerprint density at radius 1 is 1.32 bits per heavy atom. The predicted molar refractivity (Wildman–Crippen MR) is 90.4 cm³/mol. The lowest BCUT2D eigenvalue weighted by molar-refractivity contribution is 0.0670. The number of amides is 2. The van der Waals surface area contributed by atoms with E-state index in [1.807, 2.05) is 18.2 Å². The molecule has 3 rings (SSSR count). The van der Waals surface area contributed by atoms with Crippen molar-refractivity contribution in [3.05, 3.63) is 54.1 Å². The molecular formula is C18H22F2N4O. The van der Waals surface area contributed by atoms with Crippen molar-refractivity contribution in [3.8, 4) is 0 Å². The molecule has 0 aliphatic carbocycles. The highest BCUT2D eigenvalue weighted by molar-refractivity contribution is 5.74. The van der Waals surface area contributed by atoms with Gasteiger partial charge in [0.25, 0.3) is 0 Å². The van der Waals surface area contributed by atoms with Gasteiger partial charge in [-0.15, -0.1) is 0 Å². The van der Waals surface area contributed by atoms with E-state index in [1.54, 1.807) is 4.90 Å². The molecule has 7 heteroatoms. The van der Waals surface area contributed by atoms with Crippen molar-refractivity contribution in [2.45, 2.75) is 25.8 Å². The molecule has 25 heavy (non-hydrogen) atoms. The Hall–Kier alpha value is -2.44. The minimum Gasteiger partial charge on any atom is -0.338 e. The van der Waals surface area contributed by atoms with Crippen LogP contribution in [0.4, 0.5) is 13.6 Å². The molecule has 2 aromatic rings. The number of nitrogens with zero attached hydrogens (tertiary/aromatic N) is 3. The number of imidazole rings is 1. The van der Waals surface area contributed by atoms with Gasteiger partial charge in [-0.3, -0.25) is 4.57 Å². The maximum atomic E-state index is 12.7.